The monoisotopic (exact) mass is 287 g/mol. The Labute approximate surface area is 116 Å². The van der Waals surface area contributed by atoms with Crippen LogP contribution in [0.15, 0.2) is 41.2 Å². The van der Waals surface area contributed by atoms with E-state index in [4.69, 9.17) is 5.11 Å². The van der Waals surface area contributed by atoms with Gasteiger partial charge in [-0.25, -0.2) is 4.79 Å². The van der Waals surface area contributed by atoms with Gasteiger partial charge >= 0.3 is 5.97 Å². The number of aromatic carboxylic acids is 1. The van der Waals surface area contributed by atoms with Crippen LogP contribution in [0.4, 0.5) is 0 Å². The van der Waals surface area contributed by atoms with Crippen LogP contribution in [0, 0.1) is 0 Å². The van der Waals surface area contributed by atoms with Gasteiger partial charge in [-0.15, -0.1) is 11.3 Å². The highest BCUT2D eigenvalue weighted by Gasteiger charge is 2.20. The van der Waals surface area contributed by atoms with Gasteiger partial charge in [0.1, 0.15) is 10.6 Å². The molecule has 2 aromatic heterocycles. The largest absolute Gasteiger partial charge is 0.506 e. The Bertz CT molecular complexity index is 864. The molecule has 0 atom stereocenters. The SMILES string of the molecule is O=C(O)c1c(O)c2cc(-c3ccccc3)sc2[nH]c1=O. The molecule has 3 rings (SSSR count). The van der Waals surface area contributed by atoms with Crippen LogP contribution in [0.1, 0.15) is 10.4 Å². The van der Waals surface area contributed by atoms with Gasteiger partial charge in [0.05, 0.1) is 5.39 Å². The van der Waals surface area contributed by atoms with Crippen molar-refractivity contribution in [1.29, 1.82) is 0 Å². The number of H-pyrrole nitrogens is 1. The number of pyridine rings is 1. The molecule has 3 N–H and O–H groups in total. The molecule has 6 heteroatoms. The third kappa shape index (κ3) is 1.86. The number of hydrogen-bond donors (Lipinski definition) is 3. The number of aromatic nitrogens is 1. The summed E-state index contributed by atoms with van der Waals surface area (Å²) in [5, 5.41) is 19.3. The lowest BCUT2D eigenvalue weighted by atomic mass is 10.1. The summed E-state index contributed by atoms with van der Waals surface area (Å²) in [7, 11) is 0. The Morgan fingerprint density at radius 3 is 2.55 bits per heavy atom. The van der Waals surface area contributed by atoms with E-state index >= 15 is 0 Å². The smallest absolute Gasteiger partial charge is 0.345 e. The van der Waals surface area contributed by atoms with E-state index in [0.717, 1.165) is 10.4 Å². The van der Waals surface area contributed by atoms with Crippen molar-refractivity contribution in [1.82, 2.24) is 4.98 Å². The zero-order valence-electron chi connectivity index (χ0n) is 10.1. The maximum absolute atomic E-state index is 11.7. The van der Waals surface area contributed by atoms with Crippen LogP contribution in [0.3, 0.4) is 0 Å². The zero-order valence-corrected chi connectivity index (χ0v) is 10.9. The molecule has 0 spiro atoms. The molecule has 0 aliphatic rings. The Morgan fingerprint density at radius 2 is 1.90 bits per heavy atom. The fraction of sp³-hybridized carbons (Fsp3) is 0. The highest BCUT2D eigenvalue weighted by atomic mass is 32.1. The number of thiophene rings is 1. The molecular weight excluding hydrogens is 278 g/mol. The van der Waals surface area contributed by atoms with E-state index < -0.39 is 22.8 Å². The number of aromatic amines is 1. The van der Waals surface area contributed by atoms with Gasteiger partial charge < -0.3 is 15.2 Å². The second-order valence-electron chi connectivity index (χ2n) is 4.20. The van der Waals surface area contributed by atoms with Gasteiger partial charge in [0.15, 0.2) is 5.56 Å². The van der Waals surface area contributed by atoms with Gasteiger partial charge in [0.2, 0.25) is 0 Å². The quantitative estimate of drug-likeness (QED) is 0.676. The summed E-state index contributed by atoms with van der Waals surface area (Å²) in [6.45, 7) is 0. The third-order valence-corrected chi connectivity index (χ3v) is 4.05. The average molecular weight is 287 g/mol. The Morgan fingerprint density at radius 1 is 1.20 bits per heavy atom. The molecule has 100 valence electrons. The van der Waals surface area contributed by atoms with E-state index in [1.807, 2.05) is 30.3 Å². The fourth-order valence-corrected chi connectivity index (χ4v) is 3.07. The first kappa shape index (κ1) is 12.4. The van der Waals surface area contributed by atoms with Crippen LogP contribution < -0.4 is 5.56 Å². The number of carboxylic acids is 1. The number of nitrogens with one attached hydrogen (secondary N) is 1. The number of aromatic hydroxyl groups is 1. The lowest BCUT2D eigenvalue weighted by molar-refractivity contribution is 0.0692. The van der Waals surface area contributed by atoms with E-state index in [2.05, 4.69) is 4.98 Å². The van der Waals surface area contributed by atoms with E-state index in [0.29, 0.717) is 10.2 Å². The van der Waals surface area contributed by atoms with Gasteiger partial charge in [-0.2, -0.15) is 0 Å². The van der Waals surface area contributed by atoms with Crippen LogP contribution in [0.2, 0.25) is 0 Å². The van der Waals surface area contributed by atoms with Crippen molar-refractivity contribution < 1.29 is 15.0 Å². The molecule has 2 heterocycles. The topological polar surface area (TPSA) is 90.4 Å². The predicted molar refractivity (Wildman–Crippen MR) is 76.5 cm³/mol. The van der Waals surface area contributed by atoms with Crippen LogP contribution in [0.5, 0.6) is 5.75 Å². The molecule has 20 heavy (non-hydrogen) atoms. The lowest BCUT2D eigenvalue weighted by Crippen LogP contribution is -2.16. The van der Waals surface area contributed by atoms with Gasteiger partial charge in [0.25, 0.3) is 5.56 Å². The van der Waals surface area contributed by atoms with Crippen molar-refractivity contribution >= 4 is 27.5 Å². The van der Waals surface area contributed by atoms with Crippen molar-refractivity contribution in [3.63, 3.8) is 0 Å². The molecule has 0 amide bonds. The number of benzene rings is 1. The van der Waals surface area contributed by atoms with Crippen molar-refractivity contribution in [2.45, 2.75) is 0 Å². The van der Waals surface area contributed by atoms with Gasteiger partial charge in [0, 0.05) is 4.88 Å². The fourth-order valence-electron chi connectivity index (χ4n) is 2.01. The average Bonchev–Trinajstić information content (AvgIpc) is 2.83. The molecule has 0 bridgehead atoms. The number of hydrogen-bond acceptors (Lipinski definition) is 4. The van der Waals surface area contributed by atoms with Crippen LogP contribution in [-0.2, 0) is 0 Å². The van der Waals surface area contributed by atoms with Crippen LogP contribution in [-0.4, -0.2) is 21.2 Å². The second-order valence-corrected chi connectivity index (χ2v) is 5.25. The molecule has 0 unspecified atom stereocenters. The van der Waals surface area contributed by atoms with Gasteiger partial charge in [-0.05, 0) is 11.6 Å². The first-order valence-electron chi connectivity index (χ1n) is 5.75. The molecule has 3 aromatic rings. The third-order valence-electron chi connectivity index (χ3n) is 2.95. The molecule has 0 radical (unpaired) electrons. The summed E-state index contributed by atoms with van der Waals surface area (Å²) < 4.78 is 0. The minimum atomic E-state index is -1.45. The highest BCUT2D eigenvalue weighted by molar-refractivity contribution is 7.21. The molecule has 1 aromatic carbocycles. The van der Waals surface area contributed by atoms with Crippen molar-refractivity contribution in [2.24, 2.45) is 0 Å². The maximum Gasteiger partial charge on any atom is 0.345 e. The van der Waals surface area contributed by atoms with Crippen LogP contribution in [0.25, 0.3) is 20.7 Å². The zero-order chi connectivity index (χ0) is 14.3. The van der Waals surface area contributed by atoms with Crippen molar-refractivity contribution in [3.8, 4) is 16.2 Å². The Kier molecular flexibility index (Phi) is 2.80. The molecule has 0 fully saturated rings. The molecule has 0 aliphatic heterocycles. The molecular formula is C14H9NO4S. The minimum absolute atomic E-state index is 0.339. The highest BCUT2D eigenvalue weighted by Crippen LogP contribution is 2.36. The van der Waals surface area contributed by atoms with Gasteiger partial charge in [-0.1, -0.05) is 30.3 Å². The van der Waals surface area contributed by atoms with Crippen molar-refractivity contribution in [3.05, 3.63) is 52.3 Å². The summed E-state index contributed by atoms with van der Waals surface area (Å²) in [6.07, 6.45) is 0. The van der Waals surface area contributed by atoms with E-state index in [-0.39, 0.29) is 0 Å². The summed E-state index contributed by atoms with van der Waals surface area (Å²) in [5.41, 5.74) is -0.496. The summed E-state index contributed by atoms with van der Waals surface area (Å²) in [4.78, 5) is 26.4. The molecule has 0 saturated carbocycles. The normalized spacial score (nSPS) is 10.8. The number of rotatable bonds is 2. The number of carbonyl (C=O) groups is 1. The Hall–Kier alpha value is -2.60. The summed E-state index contributed by atoms with van der Waals surface area (Å²) in [6, 6.07) is 11.1. The van der Waals surface area contributed by atoms with Gasteiger partial charge in [-0.3, -0.25) is 4.79 Å². The first-order valence-corrected chi connectivity index (χ1v) is 6.57. The summed E-state index contributed by atoms with van der Waals surface area (Å²) in [5.74, 6) is -1.94. The first-order chi connectivity index (χ1) is 9.58. The summed E-state index contributed by atoms with van der Waals surface area (Å²) >= 11 is 1.29. The van der Waals surface area contributed by atoms with E-state index in [1.165, 1.54) is 11.3 Å². The van der Waals surface area contributed by atoms with E-state index in [9.17, 15) is 14.7 Å². The van der Waals surface area contributed by atoms with Crippen LogP contribution >= 0.6 is 11.3 Å². The number of carboxylic acid groups (broad SMARTS) is 1. The standard InChI is InChI=1S/C14H9NO4S/c16-11-8-6-9(7-4-2-1-3-5-7)20-13(8)15-12(17)10(11)14(18)19/h1-6H,(H,18,19)(H2,15,16,17). The van der Waals surface area contributed by atoms with Crippen molar-refractivity contribution in [2.75, 3.05) is 0 Å². The Balaban J connectivity index is 2.30. The molecule has 5 nitrogen and oxygen atoms in total. The minimum Gasteiger partial charge on any atom is -0.506 e. The molecule has 0 saturated heterocycles. The lowest BCUT2D eigenvalue weighted by Gasteiger charge is -1.98. The van der Waals surface area contributed by atoms with E-state index in [1.54, 1.807) is 6.07 Å². The maximum atomic E-state index is 11.7. The second kappa shape index (κ2) is 4.50. The molecule has 0 aliphatic carbocycles. The number of fused-ring (bicyclic) bond motifs is 1. The predicted octanol–water partition coefficient (Wildman–Crippen LogP) is 2.66.